The molecule has 1 aliphatic heterocycles. The monoisotopic (exact) mass is 324 g/mol. The highest BCUT2D eigenvalue weighted by Crippen LogP contribution is 2.16. The van der Waals surface area contributed by atoms with E-state index in [2.05, 4.69) is 16.0 Å². The fourth-order valence-corrected chi connectivity index (χ4v) is 2.85. The minimum atomic E-state index is -0.541. The van der Waals surface area contributed by atoms with E-state index in [9.17, 15) is 14.4 Å². The molecular formula is C18H17FN4O. The molecule has 0 radical (unpaired) electrons. The van der Waals surface area contributed by atoms with Crippen LogP contribution in [-0.4, -0.2) is 46.4 Å². The number of amides is 1. The first-order chi connectivity index (χ1) is 11.7. The quantitative estimate of drug-likeness (QED) is 0.867. The van der Waals surface area contributed by atoms with Gasteiger partial charge in [0.25, 0.3) is 5.91 Å². The van der Waals surface area contributed by atoms with Crippen LogP contribution in [0.4, 0.5) is 4.39 Å². The van der Waals surface area contributed by atoms with Crippen molar-refractivity contribution < 1.29 is 9.18 Å². The van der Waals surface area contributed by atoms with Crippen molar-refractivity contribution >= 4 is 5.91 Å². The van der Waals surface area contributed by atoms with Gasteiger partial charge in [0.2, 0.25) is 0 Å². The number of pyridine rings is 1. The van der Waals surface area contributed by atoms with Gasteiger partial charge in [-0.2, -0.15) is 5.26 Å². The Kier molecular flexibility index (Phi) is 4.82. The second kappa shape index (κ2) is 7.20. The molecule has 0 aliphatic carbocycles. The molecule has 6 heteroatoms. The van der Waals surface area contributed by atoms with E-state index in [1.165, 1.54) is 12.3 Å². The summed E-state index contributed by atoms with van der Waals surface area (Å²) in [6, 6.07) is 13.0. The highest BCUT2D eigenvalue weighted by Gasteiger charge is 2.30. The van der Waals surface area contributed by atoms with Crippen molar-refractivity contribution in [2.45, 2.75) is 12.6 Å². The van der Waals surface area contributed by atoms with E-state index in [0.29, 0.717) is 26.2 Å². The lowest BCUT2D eigenvalue weighted by Gasteiger charge is -2.38. The number of benzene rings is 1. The van der Waals surface area contributed by atoms with E-state index in [0.717, 1.165) is 11.8 Å². The first-order valence-corrected chi connectivity index (χ1v) is 7.75. The largest absolute Gasteiger partial charge is 0.335 e. The van der Waals surface area contributed by atoms with Crippen LogP contribution in [0.1, 0.15) is 15.9 Å². The average Bonchev–Trinajstić information content (AvgIpc) is 2.62. The molecule has 2 aromatic rings. The topological polar surface area (TPSA) is 60.2 Å². The number of hydrogen-bond acceptors (Lipinski definition) is 4. The normalized spacial score (nSPS) is 18.2. The molecule has 0 unspecified atom stereocenters. The maximum absolute atomic E-state index is 13.2. The van der Waals surface area contributed by atoms with Crippen molar-refractivity contribution in [3.63, 3.8) is 0 Å². The lowest BCUT2D eigenvalue weighted by molar-refractivity contribution is 0.0551. The maximum Gasteiger partial charge on any atom is 0.255 e. The van der Waals surface area contributed by atoms with Crippen molar-refractivity contribution in [1.82, 2.24) is 14.8 Å². The van der Waals surface area contributed by atoms with Crippen molar-refractivity contribution in [2.75, 3.05) is 19.6 Å². The molecule has 3 rings (SSSR count). The minimum Gasteiger partial charge on any atom is -0.335 e. The Morgan fingerprint density at radius 2 is 2.08 bits per heavy atom. The first-order valence-electron chi connectivity index (χ1n) is 7.75. The molecule has 1 saturated heterocycles. The standard InChI is InChI=1S/C18H17FN4O/c19-16-8-15(10-21-11-16)18(24)23-7-6-22(17(9-20)13-23)12-14-4-2-1-3-5-14/h1-5,8,10-11,17H,6-7,12-13H2/t17-/m1/s1. The number of hydrogen-bond donors (Lipinski definition) is 0. The lowest BCUT2D eigenvalue weighted by atomic mass is 10.1. The zero-order chi connectivity index (χ0) is 16.9. The van der Waals surface area contributed by atoms with Gasteiger partial charge in [-0.1, -0.05) is 30.3 Å². The number of carbonyl (C=O) groups excluding carboxylic acids is 1. The van der Waals surface area contributed by atoms with Crippen LogP contribution in [0.3, 0.4) is 0 Å². The molecule has 1 fully saturated rings. The number of aromatic nitrogens is 1. The van der Waals surface area contributed by atoms with Crippen LogP contribution in [0.2, 0.25) is 0 Å². The number of halogens is 1. The second-order valence-electron chi connectivity index (χ2n) is 5.74. The van der Waals surface area contributed by atoms with E-state index >= 15 is 0 Å². The van der Waals surface area contributed by atoms with E-state index in [1.54, 1.807) is 4.90 Å². The molecule has 0 N–H and O–H groups in total. The SMILES string of the molecule is N#C[C@@H]1CN(C(=O)c2cncc(F)c2)CCN1Cc1ccccc1. The summed E-state index contributed by atoms with van der Waals surface area (Å²) in [5.41, 5.74) is 1.34. The van der Waals surface area contributed by atoms with Crippen LogP contribution in [0.15, 0.2) is 48.8 Å². The average molecular weight is 324 g/mol. The predicted molar refractivity (Wildman–Crippen MR) is 86.4 cm³/mol. The molecule has 1 aromatic heterocycles. The van der Waals surface area contributed by atoms with Gasteiger partial charge in [0.15, 0.2) is 0 Å². The second-order valence-corrected chi connectivity index (χ2v) is 5.74. The van der Waals surface area contributed by atoms with Crippen LogP contribution < -0.4 is 0 Å². The summed E-state index contributed by atoms with van der Waals surface area (Å²) in [6.45, 7) is 2.07. The molecule has 1 amide bonds. The Morgan fingerprint density at radius 1 is 1.29 bits per heavy atom. The van der Waals surface area contributed by atoms with Gasteiger partial charge in [0, 0.05) is 32.4 Å². The molecular weight excluding hydrogens is 307 g/mol. The summed E-state index contributed by atoms with van der Waals surface area (Å²) in [4.78, 5) is 19.8. The molecule has 1 aromatic carbocycles. The fourth-order valence-electron chi connectivity index (χ4n) is 2.85. The summed E-state index contributed by atoms with van der Waals surface area (Å²) in [7, 11) is 0. The van der Waals surface area contributed by atoms with Gasteiger partial charge in [0.05, 0.1) is 17.8 Å². The molecule has 2 heterocycles. The first kappa shape index (κ1) is 16.1. The Labute approximate surface area is 139 Å². The Morgan fingerprint density at radius 3 is 2.79 bits per heavy atom. The summed E-state index contributed by atoms with van der Waals surface area (Å²) < 4.78 is 13.2. The van der Waals surface area contributed by atoms with Crippen molar-refractivity contribution in [1.29, 1.82) is 5.26 Å². The van der Waals surface area contributed by atoms with Crippen LogP contribution in [0, 0.1) is 17.1 Å². The zero-order valence-electron chi connectivity index (χ0n) is 13.1. The predicted octanol–water partition coefficient (Wildman–Crippen LogP) is 2.07. The third-order valence-electron chi connectivity index (χ3n) is 4.11. The number of rotatable bonds is 3. The van der Waals surface area contributed by atoms with Gasteiger partial charge in [-0.05, 0) is 11.6 Å². The van der Waals surface area contributed by atoms with Gasteiger partial charge in [-0.25, -0.2) is 4.39 Å². The Bertz CT molecular complexity index is 759. The van der Waals surface area contributed by atoms with Gasteiger partial charge >= 0.3 is 0 Å². The smallest absolute Gasteiger partial charge is 0.255 e. The minimum absolute atomic E-state index is 0.211. The van der Waals surface area contributed by atoms with E-state index < -0.39 is 5.82 Å². The third kappa shape index (κ3) is 3.58. The summed E-state index contributed by atoms with van der Waals surface area (Å²) in [5.74, 6) is -0.831. The highest BCUT2D eigenvalue weighted by molar-refractivity contribution is 5.94. The van der Waals surface area contributed by atoms with Crippen LogP contribution in [-0.2, 0) is 6.54 Å². The fraction of sp³-hybridized carbons (Fsp3) is 0.278. The molecule has 0 bridgehead atoms. The van der Waals surface area contributed by atoms with Crippen LogP contribution >= 0.6 is 0 Å². The van der Waals surface area contributed by atoms with Crippen LogP contribution in [0.5, 0.6) is 0 Å². The van der Waals surface area contributed by atoms with Gasteiger partial charge in [-0.3, -0.25) is 14.7 Å². The van der Waals surface area contributed by atoms with Gasteiger partial charge < -0.3 is 4.90 Å². The summed E-state index contributed by atoms with van der Waals surface area (Å²) in [5, 5.41) is 9.45. The third-order valence-corrected chi connectivity index (χ3v) is 4.11. The van der Waals surface area contributed by atoms with E-state index in [1.807, 2.05) is 30.3 Å². The molecule has 1 aliphatic rings. The van der Waals surface area contributed by atoms with E-state index in [-0.39, 0.29) is 17.5 Å². The Hall–Kier alpha value is -2.78. The number of nitriles is 1. The number of carbonyl (C=O) groups is 1. The van der Waals surface area contributed by atoms with Crippen molar-refractivity contribution in [3.05, 3.63) is 65.7 Å². The maximum atomic E-state index is 13.2. The highest BCUT2D eigenvalue weighted by atomic mass is 19.1. The summed E-state index contributed by atoms with van der Waals surface area (Å²) >= 11 is 0. The molecule has 1 atom stereocenters. The van der Waals surface area contributed by atoms with E-state index in [4.69, 9.17) is 0 Å². The number of piperazine rings is 1. The van der Waals surface area contributed by atoms with Crippen molar-refractivity contribution in [2.24, 2.45) is 0 Å². The molecule has 0 saturated carbocycles. The zero-order valence-corrected chi connectivity index (χ0v) is 13.1. The van der Waals surface area contributed by atoms with Crippen molar-refractivity contribution in [3.8, 4) is 6.07 Å². The van der Waals surface area contributed by atoms with Gasteiger partial charge in [-0.15, -0.1) is 0 Å². The number of nitrogens with zero attached hydrogens (tertiary/aromatic N) is 4. The molecule has 122 valence electrons. The summed E-state index contributed by atoms with van der Waals surface area (Å²) in [6.07, 6.45) is 2.41. The van der Waals surface area contributed by atoms with Gasteiger partial charge in [0.1, 0.15) is 11.9 Å². The molecule has 24 heavy (non-hydrogen) atoms. The molecule has 5 nitrogen and oxygen atoms in total. The molecule has 0 spiro atoms. The Balaban J connectivity index is 1.68. The van der Waals surface area contributed by atoms with Crippen LogP contribution in [0.25, 0.3) is 0 Å². The lowest BCUT2D eigenvalue weighted by Crippen LogP contribution is -2.53.